The Balaban J connectivity index is 2.39. The lowest BCUT2D eigenvalue weighted by atomic mass is 9.89. The number of nitrogens with two attached hydrogens (primary N) is 1. The van der Waals surface area contributed by atoms with Crippen molar-refractivity contribution in [1.29, 1.82) is 0 Å². The summed E-state index contributed by atoms with van der Waals surface area (Å²) in [4.78, 5) is 3.50. The van der Waals surface area contributed by atoms with Crippen LogP contribution in [0.15, 0.2) is 41.6 Å². The van der Waals surface area contributed by atoms with Crippen LogP contribution in [0.3, 0.4) is 0 Å². The number of hydrogen-bond donors (Lipinski definition) is 2. The molecular formula is C18H18F6N4. The van der Waals surface area contributed by atoms with Gasteiger partial charge in [-0.3, -0.25) is 4.98 Å². The van der Waals surface area contributed by atoms with Crippen molar-refractivity contribution < 1.29 is 26.3 Å². The van der Waals surface area contributed by atoms with Crippen LogP contribution in [0.4, 0.5) is 26.3 Å². The third kappa shape index (κ3) is 5.37. The molecule has 0 radical (unpaired) electrons. The second kappa shape index (κ2) is 8.49. The third-order valence-corrected chi connectivity index (χ3v) is 4.03. The molecule has 1 aromatic heterocycles. The minimum atomic E-state index is -4.48. The molecule has 4 nitrogen and oxygen atoms in total. The van der Waals surface area contributed by atoms with Gasteiger partial charge in [0, 0.05) is 12.7 Å². The molecule has 3 N–H and O–H groups in total. The van der Waals surface area contributed by atoms with Crippen LogP contribution >= 0.6 is 0 Å². The molecule has 0 bridgehead atoms. The van der Waals surface area contributed by atoms with Crippen molar-refractivity contribution in [3.8, 4) is 0 Å². The molecule has 1 unspecified atom stereocenters. The number of nitrogens with one attached hydrogen (secondary N) is 1. The number of aryl methyl sites for hydroxylation is 1. The van der Waals surface area contributed by atoms with Gasteiger partial charge in [-0.1, -0.05) is 18.2 Å². The van der Waals surface area contributed by atoms with E-state index in [0.717, 1.165) is 30.7 Å². The highest BCUT2D eigenvalue weighted by atomic mass is 19.4. The summed E-state index contributed by atoms with van der Waals surface area (Å²) in [5, 5.41) is 5.60. The Morgan fingerprint density at radius 3 is 2.43 bits per heavy atom. The first kappa shape index (κ1) is 21.5. The minimum Gasteiger partial charge on any atom is -0.374 e. The summed E-state index contributed by atoms with van der Waals surface area (Å²) in [5.74, 6) is -1.28. The number of nitrogens with zero attached hydrogens (tertiary/aromatic N) is 2. The van der Waals surface area contributed by atoms with Crippen LogP contribution in [0.1, 0.15) is 28.3 Å². The van der Waals surface area contributed by atoms with Gasteiger partial charge in [-0.05, 0) is 35.7 Å². The number of pyridine rings is 1. The zero-order chi connectivity index (χ0) is 20.9. The zero-order valence-corrected chi connectivity index (χ0v) is 14.8. The monoisotopic (exact) mass is 404 g/mol. The summed E-state index contributed by atoms with van der Waals surface area (Å²) < 4.78 is 81.9. The average Bonchev–Trinajstić information content (AvgIpc) is 2.58. The molecule has 152 valence electrons. The van der Waals surface area contributed by atoms with Crippen molar-refractivity contribution in [1.82, 2.24) is 10.3 Å². The number of hydrazone groups is 1. The fourth-order valence-electron chi connectivity index (χ4n) is 2.71. The highest BCUT2D eigenvalue weighted by Gasteiger charge is 2.44. The predicted molar refractivity (Wildman–Crippen MR) is 92.5 cm³/mol. The SMILES string of the molecule is Cc1ccc(C(CN/C=N\N)C(F)(F)c2ccc(CC(F)(F)F)cn2)c(F)c1. The molecule has 1 heterocycles. The number of hydrogen-bond acceptors (Lipinski definition) is 3. The molecular weight excluding hydrogens is 386 g/mol. The van der Waals surface area contributed by atoms with Crippen LogP contribution < -0.4 is 11.2 Å². The number of aromatic nitrogens is 1. The molecule has 1 aromatic carbocycles. The molecule has 2 aromatic rings. The zero-order valence-electron chi connectivity index (χ0n) is 14.8. The van der Waals surface area contributed by atoms with Gasteiger partial charge in [0.05, 0.1) is 12.3 Å². The van der Waals surface area contributed by atoms with E-state index in [1.54, 1.807) is 6.92 Å². The molecule has 2 rings (SSSR count). The van der Waals surface area contributed by atoms with Gasteiger partial charge in [0.1, 0.15) is 17.8 Å². The fourth-order valence-corrected chi connectivity index (χ4v) is 2.71. The lowest BCUT2D eigenvalue weighted by Crippen LogP contribution is -2.34. The summed E-state index contributed by atoms with van der Waals surface area (Å²) in [7, 11) is 0. The maximum atomic E-state index is 15.1. The number of rotatable bonds is 7. The Morgan fingerprint density at radius 1 is 1.18 bits per heavy atom. The van der Waals surface area contributed by atoms with Gasteiger partial charge in [0.15, 0.2) is 0 Å². The lowest BCUT2D eigenvalue weighted by molar-refractivity contribution is -0.127. The number of benzene rings is 1. The summed E-state index contributed by atoms with van der Waals surface area (Å²) in [5.41, 5.74) is -0.738. The first-order chi connectivity index (χ1) is 13.0. The molecule has 0 aliphatic carbocycles. The van der Waals surface area contributed by atoms with Crippen molar-refractivity contribution in [3.05, 3.63) is 64.7 Å². The fraction of sp³-hybridized carbons (Fsp3) is 0.333. The average molecular weight is 404 g/mol. The van der Waals surface area contributed by atoms with Crippen molar-refractivity contribution in [2.24, 2.45) is 10.9 Å². The van der Waals surface area contributed by atoms with Gasteiger partial charge >= 0.3 is 6.18 Å². The van der Waals surface area contributed by atoms with E-state index >= 15 is 8.78 Å². The summed E-state index contributed by atoms with van der Waals surface area (Å²) in [6, 6.07) is 5.59. The maximum absolute atomic E-state index is 15.1. The molecule has 28 heavy (non-hydrogen) atoms. The molecule has 1 atom stereocenters. The second-order valence-corrected chi connectivity index (χ2v) is 6.23. The smallest absolute Gasteiger partial charge is 0.374 e. The van der Waals surface area contributed by atoms with E-state index in [-0.39, 0.29) is 11.1 Å². The number of halogens is 6. The van der Waals surface area contributed by atoms with Crippen molar-refractivity contribution in [2.45, 2.75) is 31.4 Å². The molecule has 0 fully saturated rings. The van der Waals surface area contributed by atoms with Crippen molar-refractivity contribution in [3.63, 3.8) is 0 Å². The molecule has 0 saturated carbocycles. The predicted octanol–water partition coefficient (Wildman–Crippen LogP) is 4.00. The Hall–Kier alpha value is -2.78. The summed E-state index contributed by atoms with van der Waals surface area (Å²) in [6.45, 7) is 1.18. The maximum Gasteiger partial charge on any atom is 0.393 e. The third-order valence-electron chi connectivity index (χ3n) is 4.03. The van der Waals surface area contributed by atoms with E-state index in [1.165, 1.54) is 12.1 Å². The van der Waals surface area contributed by atoms with Gasteiger partial charge in [-0.15, -0.1) is 0 Å². The Labute approximate surface area is 157 Å². The highest BCUT2D eigenvalue weighted by molar-refractivity contribution is 5.53. The normalized spacial score (nSPS) is 13.7. The molecule has 0 aliphatic rings. The van der Waals surface area contributed by atoms with Crippen LogP contribution in [0.25, 0.3) is 0 Å². The van der Waals surface area contributed by atoms with Gasteiger partial charge < -0.3 is 11.2 Å². The quantitative estimate of drug-likeness (QED) is 0.241. The standard InChI is InChI=1S/C18H18F6N4/c1-11-2-4-13(15(19)6-11)14(9-26-10-28-25)18(23,24)16-5-3-12(8-27-16)7-17(20,21)22/h2-6,8,10,14H,7,9,25H2,1H3,(H,26,28). The lowest BCUT2D eigenvalue weighted by Gasteiger charge is -2.27. The van der Waals surface area contributed by atoms with Crippen molar-refractivity contribution >= 4 is 6.34 Å². The molecule has 0 amide bonds. The minimum absolute atomic E-state index is 0.251. The van der Waals surface area contributed by atoms with E-state index in [1.807, 2.05) is 0 Å². The molecule has 0 saturated heterocycles. The second-order valence-electron chi connectivity index (χ2n) is 6.23. The van der Waals surface area contributed by atoms with Crippen LogP contribution in [0.5, 0.6) is 0 Å². The van der Waals surface area contributed by atoms with E-state index in [4.69, 9.17) is 5.84 Å². The van der Waals surface area contributed by atoms with Crippen molar-refractivity contribution in [2.75, 3.05) is 6.54 Å². The Bertz CT molecular complexity index is 818. The van der Waals surface area contributed by atoms with Crippen LogP contribution in [0.2, 0.25) is 0 Å². The van der Waals surface area contributed by atoms with Crippen LogP contribution in [0, 0.1) is 12.7 Å². The summed E-state index contributed by atoms with van der Waals surface area (Å²) in [6.07, 6.45) is -4.04. The van der Waals surface area contributed by atoms with E-state index in [2.05, 4.69) is 15.4 Å². The van der Waals surface area contributed by atoms with Gasteiger partial charge in [-0.2, -0.15) is 27.1 Å². The van der Waals surface area contributed by atoms with E-state index in [0.29, 0.717) is 5.56 Å². The Morgan fingerprint density at radius 2 is 1.89 bits per heavy atom. The molecule has 10 heteroatoms. The topological polar surface area (TPSA) is 63.3 Å². The highest BCUT2D eigenvalue weighted by Crippen LogP contribution is 2.42. The van der Waals surface area contributed by atoms with Gasteiger partial charge in [0.25, 0.3) is 5.92 Å². The van der Waals surface area contributed by atoms with Crippen LogP contribution in [-0.4, -0.2) is 24.0 Å². The Kier molecular flexibility index (Phi) is 6.52. The van der Waals surface area contributed by atoms with Crippen LogP contribution in [-0.2, 0) is 12.3 Å². The van der Waals surface area contributed by atoms with E-state index in [9.17, 15) is 17.6 Å². The molecule has 0 spiro atoms. The largest absolute Gasteiger partial charge is 0.393 e. The molecule has 0 aliphatic heterocycles. The summed E-state index contributed by atoms with van der Waals surface area (Å²) >= 11 is 0. The first-order valence-corrected chi connectivity index (χ1v) is 8.15. The van der Waals surface area contributed by atoms with Gasteiger partial charge in [-0.25, -0.2) is 4.39 Å². The van der Waals surface area contributed by atoms with Gasteiger partial charge in [0.2, 0.25) is 0 Å². The number of alkyl halides is 5. The first-order valence-electron chi connectivity index (χ1n) is 8.15. The van der Waals surface area contributed by atoms with E-state index < -0.39 is 42.5 Å².